The summed E-state index contributed by atoms with van der Waals surface area (Å²) in [5.74, 6) is -0.521. The SMILES string of the molecule is CCC(C)[C@@H](C(=O)O)N(C)C. The average molecular weight is 159 g/mol. The van der Waals surface area contributed by atoms with Crippen molar-refractivity contribution >= 4 is 5.97 Å². The van der Waals surface area contributed by atoms with E-state index < -0.39 is 5.97 Å². The molecule has 3 nitrogen and oxygen atoms in total. The van der Waals surface area contributed by atoms with Crippen LogP contribution in [0.2, 0.25) is 0 Å². The van der Waals surface area contributed by atoms with E-state index >= 15 is 0 Å². The molecule has 0 fully saturated rings. The summed E-state index contributed by atoms with van der Waals surface area (Å²) in [7, 11) is 3.59. The van der Waals surface area contributed by atoms with E-state index in [1.165, 1.54) is 0 Å². The molecule has 66 valence electrons. The van der Waals surface area contributed by atoms with E-state index in [2.05, 4.69) is 0 Å². The topological polar surface area (TPSA) is 40.5 Å². The lowest BCUT2D eigenvalue weighted by molar-refractivity contribution is -0.144. The van der Waals surface area contributed by atoms with Crippen LogP contribution in [0.25, 0.3) is 0 Å². The molecule has 0 amide bonds. The number of carboxylic acid groups (broad SMARTS) is 1. The van der Waals surface area contributed by atoms with E-state index in [0.29, 0.717) is 0 Å². The van der Waals surface area contributed by atoms with Crippen LogP contribution >= 0.6 is 0 Å². The zero-order valence-electron chi connectivity index (χ0n) is 7.66. The standard InChI is InChI=1S/C8H17NO2/c1-5-6(2)7(8(10)11)9(3)4/h6-7H,5H2,1-4H3,(H,10,11)/t6?,7-/m0/s1. The molecule has 0 aliphatic heterocycles. The normalized spacial score (nSPS) is 16.5. The van der Waals surface area contributed by atoms with Crippen molar-refractivity contribution in [2.75, 3.05) is 14.1 Å². The molecule has 1 unspecified atom stereocenters. The Morgan fingerprint density at radius 3 is 2.09 bits per heavy atom. The van der Waals surface area contributed by atoms with Gasteiger partial charge in [-0.25, -0.2) is 0 Å². The summed E-state index contributed by atoms with van der Waals surface area (Å²) in [4.78, 5) is 12.4. The molecule has 0 aromatic carbocycles. The maximum Gasteiger partial charge on any atom is 0.321 e. The number of carbonyl (C=O) groups is 1. The number of hydrogen-bond acceptors (Lipinski definition) is 2. The van der Waals surface area contributed by atoms with E-state index in [9.17, 15) is 4.79 Å². The summed E-state index contributed by atoms with van der Waals surface area (Å²) in [6.45, 7) is 3.96. The second-order valence-electron chi connectivity index (χ2n) is 3.13. The van der Waals surface area contributed by atoms with Crippen LogP contribution in [0.4, 0.5) is 0 Å². The van der Waals surface area contributed by atoms with Gasteiger partial charge < -0.3 is 5.11 Å². The predicted octanol–water partition coefficient (Wildman–Crippen LogP) is 1.05. The van der Waals surface area contributed by atoms with Crippen LogP contribution in [0.1, 0.15) is 20.3 Å². The van der Waals surface area contributed by atoms with Gasteiger partial charge in [0.15, 0.2) is 0 Å². The molecule has 2 atom stereocenters. The fourth-order valence-electron chi connectivity index (χ4n) is 1.20. The second kappa shape index (κ2) is 4.34. The molecule has 0 aliphatic rings. The molecule has 0 rings (SSSR count). The Labute approximate surface area is 68.0 Å². The molecular weight excluding hydrogens is 142 g/mol. The molecular formula is C8H17NO2. The summed E-state index contributed by atoms with van der Waals surface area (Å²) in [5.41, 5.74) is 0. The Bertz CT molecular complexity index is 134. The van der Waals surface area contributed by atoms with Crippen LogP contribution in [0, 0.1) is 5.92 Å². The smallest absolute Gasteiger partial charge is 0.321 e. The average Bonchev–Trinajstić information content (AvgIpc) is 1.85. The van der Waals surface area contributed by atoms with Crippen molar-refractivity contribution in [1.82, 2.24) is 4.90 Å². The number of carboxylic acids is 1. The summed E-state index contributed by atoms with van der Waals surface area (Å²) in [6, 6.07) is -0.347. The summed E-state index contributed by atoms with van der Waals surface area (Å²) >= 11 is 0. The minimum Gasteiger partial charge on any atom is -0.480 e. The van der Waals surface area contributed by atoms with E-state index in [1.807, 2.05) is 13.8 Å². The van der Waals surface area contributed by atoms with Crippen LogP contribution in [-0.2, 0) is 4.79 Å². The van der Waals surface area contributed by atoms with Gasteiger partial charge in [0.2, 0.25) is 0 Å². The van der Waals surface area contributed by atoms with Gasteiger partial charge in [-0.1, -0.05) is 20.3 Å². The fourth-order valence-corrected chi connectivity index (χ4v) is 1.20. The Balaban J connectivity index is 4.21. The van der Waals surface area contributed by atoms with Crippen LogP contribution in [0.5, 0.6) is 0 Å². The highest BCUT2D eigenvalue weighted by Crippen LogP contribution is 2.11. The van der Waals surface area contributed by atoms with Gasteiger partial charge >= 0.3 is 5.97 Å². The first-order valence-corrected chi connectivity index (χ1v) is 3.90. The lowest BCUT2D eigenvalue weighted by atomic mass is 9.99. The first-order valence-electron chi connectivity index (χ1n) is 3.90. The molecule has 3 heteroatoms. The van der Waals surface area contributed by atoms with E-state index in [-0.39, 0.29) is 12.0 Å². The van der Waals surface area contributed by atoms with Gasteiger partial charge in [0.25, 0.3) is 0 Å². The van der Waals surface area contributed by atoms with Crippen LogP contribution in [0.15, 0.2) is 0 Å². The van der Waals surface area contributed by atoms with Crippen molar-refractivity contribution in [3.63, 3.8) is 0 Å². The summed E-state index contributed by atoms with van der Waals surface area (Å²) in [6.07, 6.45) is 0.898. The van der Waals surface area contributed by atoms with Gasteiger partial charge in [-0.05, 0) is 20.0 Å². The Hall–Kier alpha value is -0.570. The molecule has 0 spiro atoms. The maximum absolute atomic E-state index is 10.7. The molecule has 0 aromatic heterocycles. The van der Waals surface area contributed by atoms with Gasteiger partial charge in [-0.15, -0.1) is 0 Å². The van der Waals surface area contributed by atoms with E-state index in [1.54, 1.807) is 19.0 Å². The quantitative estimate of drug-likeness (QED) is 0.666. The van der Waals surface area contributed by atoms with Crippen LogP contribution < -0.4 is 0 Å². The number of likely N-dealkylation sites (N-methyl/N-ethyl adjacent to an activating group) is 1. The molecule has 0 bridgehead atoms. The van der Waals surface area contributed by atoms with Crippen molar-refractivity contribution in [2.24, 2.45) is 5.92 Å². The summed E-state index contributed by atoms with van der Waals surface area (Å²) in [5, 5.41) is 8.80. The Morgan fingerprint density at radius 2 is 2.00 bits per heavy atom. The first kappa shape index (κ1) is 10.4. The molecule has 0 aliphatic carbocycles. The largest absolute Gasteiger partial charge is 0.480 e. The fraction of sp³-hybridized carbons (Fsp3) is 0.875. The molecule has 0 saturated heterocycles. The minimum atomic E-state index is -0.732. The van der Waals surface area contributed by atoms with Gasteiger partial charge in [0.05, 0.1) is 0 Å². The highest BCUT2D eigenvalue weighted by Gasteiger charge is 2.24. The molecule has 11 heavy (non-hydrogen) atoms. The monoisotopic (exact) mass is 159 g/mol. The third-order valence-corrected chi connectivity index (χ3v) is 1.99. The van der Waals surface area contributed by atoms with Crippen molar-refractivity contribution in [2.45, 2.75) is 26.3 Å². The Morgan fingerprint density at radius 1 is 1.55 bits per heavy atom. The molecule has 0 heterocycles. The van der Waals surface area contributed by atoms with E-state index in [4.69, 9.17) is 5.11 Å². The molecule has 0 saturated carbocycles. The highest BCUT2D eigenvalue weighted by atomic mass is 16.4. The number of aliphatic carboxylic acids is 1. The zero-order chi connectivity index (χ0) is 9.02. The Kier molecular flexibility index (Phi) is 4.11. The summed E-state index contributed by atoms with van der Waals surface area (Å²) < 4.78 is 0. The third kappa shape index (κ3) is 2.89. The molecule has 1 N–H and O–H groups in total. The van der Waals surface area contributed by atoms with Crippen LogP contribution in [0.3, 0.4) is 0 Å². The lowest BCUT2D eigenvalue weighted by Crippen LogP contribution is -2.40. The van der Waals surface area contributed by atoms with Gasteiger partial charge in [-0.3, -0.25) is 9.69 Å². The van der Waals surface area contributed by atoms with Crippen molar-refractivity contribution in [1.29, 1.82) is 0 Å². The van der Waals surface area contributed by atoms with Gasteiger partial charge in [0, 0.05) is 0 Å². The molecule has 0 aromatic rings. The van der Waals surface area contributed by atoms with Gasteiger partial charge in [0.1, 0.15) is 6.04 Å². The number of rotatable bonds is 4. The minimum absolute atomic E-state index is 0.211. The van der Waals surface area contributed by atoms with Crippen molar-refractivity contribution < 1.29 is 9.90 Å². The predicted molar refractivity (Wildman–Crippen MR) is 44.6 cm³/mol. The first-order chi connectivity index (χ1) is 5.00. The van der Waals surface area contributed by atoms with E-state index in [0.717, 1.165) is 6.42 Å². The zero-order valence-corrected chi connectivity index (χ0v) is 7.66. The van der Waals surface area contributed by atoms with Crippen LogP contribution in [-0.4, -0.2) is 36.1 Å². The highest BCUT2D eigenvalue weighted by molar-refractivity contribution is 5.73. The van der Waals surface area contributed by atoms with Gasteiger partial charge in [-0.2, -0.15) is 0 Å². The number of hydrogen-bond donors (Lipinski definition) is 1. The second-order valence-corrected chi connectivity index (χ2v) is 3.13. The maximum atomic E-state index is 10.7. The lowest BCUT2D eigenvalue weighted by Gasteiger charge is -2.25. The van der Waals surface area contributed by atoms with Crippen molar-refractivity contribution in [3.05, 3.63) is 0 Å². The van der Waals surface area contributed by atoms with Crippen molar-refractivity contribution in [3.8, 4) is 0 Å². The number of nitrogens with zero attached hydrogens (tertiary/aromatic N) is 1. The third-order valence-electron chi connectivity index (χ3n) is 1.99. The molecule has 0 radical (unpaired) electrons.